The summed E-state index contributed by atoms with van der Waals surface area (Å²) in [4.78, 5) is 2.40. The summed E-state index contributed by atoms with van der Waals surface area (Å²) in [6, 6.07) is 15.4. The molecule has 35 heavy (non-hydrogen) atoms. The van der Waals surface area contributed by atoms with E-state index >= 15 is 0 Å². The van der Waals surface area contributed by atoms with Gasteiger partial charge >= 0.3 is 0 Å². The second kappa shape index (κ2) is 11.1. The molecule has 2 heterocycles. The lowest BCUT2D eigenvalue weighted by Gasteiger charge is -2.35. The summed E-state index contributed by atoms with van der Waals surface area (Å²) in [6.45, 7) is 6.28. The zero-order valence-electron chi connectivity index (χ0n) is 20.1. The van der Waals surface area contributed by atoms with Crippen LogP contribution in [0, 0.1) is 13.8 Å². The van der Waals surface area contributed by atoms with Gasteiger partial charge in [-0.1, -0.05) is 41.0 Å². The van der Waals surface area contributed by atoms with Gasteiger partial charge in [0.25, 0.3) is 0 Å². The van der Waals surface area contributed by atoms with E-state index < -0.39 is 10.0 Å². The lowest BCUT2D eigenvalue weighted by Crippen LogP contribution is -2.49. The number of hydrogen-bond donors (Lipinski definition) is 0. The molecule has 0 bridgehead atoms. The number of rotatable bonds is 9. The number of aromatic nitrogens is 1. The Morgan fingerprint density at radius 3 is 2.43 bits per heavy atom. The molecule has 1 atom stereocenters. The molecule has 1 aliphatic heterocycles. The molecule has 0 radical (unpaired) electrons. The fourth-order valence-electron chi connectivity index (χ4n) is 4.25. The SMILES string of the molecule is COc1cccc(COC(CN2CCN(S(=O)(=O)c3c(C)noc3C)CC2)c2ccc(Cl)cc2)c1. The molecule has 4 rings (SSSR count). The smallest absolute Gasteiger partial charge is 0.248 e. The van der Waals surface area contributed by atoms with Crippen LogP contribution >= 0.6 is 11.6 Å². The normalized spacial score (nSPS) is 16.3. The highest BCUT2D eigenvalue weighted by Gasteiger charge is 2.33. The summed E-state index contributed by atoms with van der Waals surface area (Å²) in [5.74, 6) is 1.10. The summed E-state index contributed by atoms with van der Waals surface area (Å²) >= 11 is 6.10. The Labute approximate surface area is 211 Å². The third kappa shape index (κ3) is 6.05. The van der Waals surface area contributed by atoms with E-state index in [1.165, 1.54) is 4.31 Å². The van der Waals surface area contributed by atoms with Crippen molar-refractivity contribution in [2.75, 3.05) is 39.8 Å². The van der Waals surface area contributed by atoms with E-state index in [2.05, 4.69) is 10.1 Å². The van der Waals surface area contributed by atoms with Crippen molar-refractivity contribution in [1.82, 2.24) is 14.4 Å². The van der Waals surface area contributed by atoms with E-state index in [1.54, 1.807) is 21.0 Å². The Morgan fingerprint density at radius 2 is 1.80 bits per heavy atom. The van der Waals surface area contributed by atoms with E-state index in [9.17, 15) is 8.42 Å². The summed E-state index contributed by atoms with van der Waals surface area (Å²) in [7, 11) is -2.01. The van der Waals surface area contributed by atoms with Gasteiger partial charge < -0.3 is 14.0 Å². The van der Waals surface area contributed by atoms with Gasteiger partial charge in [0.1, 0.15) is 16.3 Å². The van der Waals surface area contributed by atoms with Crippen LogP contribution in [-0.4, -0.2) is 62.6 Å². The fraction of sp³-hybridized carbons (Fsp3) is 0.400. The van der Waals surface area contributed by atoms with Crippen LogP contribution in [0.3, 0.4) is 0 Å². The molecule has 1 fully saturated rings. The van der Waals surface area contributed by atoms with Crippen molar-refractivity contribution >= 4 is 21.6 Å². The van der Waals surface area contributed by atoms with Gasteiger partial charge in [-0.3, -0.25) is 4.90 Å². The number of aryl methyl sites for hydroxylation is 2. The Balaban J connectivity index is 1.43. The standard InChI is InChI=1S/C25H30ClN3O5S/c1-18-25(19(2)34-27-18)35(30,31)29-13-11-28(12-14-29)16-24(21-7-9-22(26)10-8-21)33-17-20-5-4-6-23(15-20)32-3/h4-10,15,24H,11-14,16-17H2,1-3H3. The first-order chi connectivity index (χ1) is 16.8. The van der Waals surface area contributed by atoms with E-state index in [0.717, 1.165) is 16.9 Å². The molecule has 10 heteroatoms. The van der Waals surface area contributed by atoms with Crippen LogP contribution in [0.4, 0.5) is 0 Å². The second-order valence-corrected chi connectivity index (χ2v) is 10.9. The third-order valence-electron chi connectivity index (χ3n) is 6.15. The highest BCUT2D eigenvalue weighted by Crippen LogP contribution is 2.27. The van der Waals surface area contributed by atoms with Gasteiger partial charge in [0.15, 0.2) is 5.76 Å². The minimum absolute atomic E-state index is 0.173. The van der Waals surface area contributed by atoms with E-state index in [4.69, 9.17) is 25.6 Å². The number of halogens is 1. The fourth-order valence-corrected chi connectivity index (χ4v) is 6.09. The Hall–Kier alpha value is -2.43. The Morgan fingerprint density at radius 1 is 1.09 bits per heavy atom. The summed E-state index contributed by atoms with van der Waals surface area (Å²) < 4.78 is 44.5. The minimum atomic E-state index is -3.65. The quantitative estimate of drug-likeness (QED) is 0.418. The van der Waals surface area contributed by atoms with Gasteiger partial charge in [-0.25, -0.2) is 8.42 Å². The van der Waals surface area contributed by atoms with E-state index in [1.807, 2.05) is 48.5 Å². The largest absolute Gasteiger partial charge is 0.497 e. The highest BCUT2D eigenvalue weighted by molar-refractivity contribution is 7.89. The third-order valence-corrected chi connectivity index (χ3v) is 8.54. The van der Waals surface area contributed by atoms with Crippen molar-refractivity contribution < 1.29 is 22.4 Å². The van der Waals surface area contributed by atoms with Crippen LogP contribution in [0.5, 0.6) is 5.75 Å². The van der Waals surface area contributed by atoms with Crippen molar-refractivity contribution in [2.45, 2.75) is 31.5 Å². The first kappa shape index (κ1) is 25.7. The molecular formula is C25H30ClN3O5S. The molecule has 3 aromatic rings. The lowest BCUT2D eigenvalue weighted by molar-refractivity contribution is 0.00767. The summed E-state index contributed by atoms with van der Waals surface area (Å²) in [5, 5.41) is 4.47. The van der Waals surface area contributed by atoms with Crippen LogP contribution in [0.1, 0.15) is 28.7 Å². The molecule has 0 aliphatic carbocycles. The van der Waals surface area contributed by atoms with E-state index in [0.29, 0.717) is 55.8 Å². The molecule has 2 aromatic carbocycles. The number of hydrogen-bond acceptors (Lipinski definition) is 7. The first-order valence-electron chi connectivity index (χ1n) is 11.4. The number of ether oxygens (including phenoxy) is 2. The molecule has 188 valence electrons. The predicted octanol–water partition coefficient (Wildman–Crippen LogP) is 4.22. The van der Waals surface area contributed by atoms with Gasteiger partial charge in [-0.2, -0.15) is 4.31 Å². The number of nitrogens with zero attached hydrogens (tertiary/aromatic N) is 3. The molecule has 0 saturated carbocycles. The van der Waals surface area contributed by atoms with Crippen LogP contribution in [0.15, 0.2) is 57.9 Å². The van der Waals surface area contributed by atoms with Gasteiger partial charge in [0.2, 0.25) is 10.0 Å². The van der Waals surface area contributed by atoms with Crippen molar-refractivity contribution in [2.24, 2.45) is 0 Å². The van der Waals surface area contributed by atoms with Crippen LogP contribution in [-0.2, 0) is 21.4 Å². The molecule has 1 saturated heterocycles. The molecule has 0 spiro atoms. The van der Waals surface area contributed by atoms with Crippen molar-refractivity contribution in [3.63, 3.8) is 0 Å². The Bertz CT molecular complexity index is 1220. The van der Waals surface area contributed by atoms with Crippen molar-refractivity contribution in [3.8, 4) is 5.75 Å². The van der Waals surface area contributed by atoms with Gasteiger partial charge in [-0.05, 0) is 49.2 Å². The minimum Gasteiger partial charge on any atom is -0.497 e. The number of benzene rings is 2. The lowest BCUT2D eigenvalue weighted by atomic mass is 10.1. The number of methoxy groups -OCH3 is 1. The number of piperazine rings is 1. The molecule has 1 aromatic heterocycles. The highest BCUT2D eigenvalue weighted by atomic mass is 35.5. The zero-order valence-corrected chi connectivity index (χ0v) is 21.7. The molecule has 1 unspecified atom stereocenters. The maximum Gasteiger partial charge on any atom is 0.248 e. The second-order valence-electron chi connectivity index (χ2n) is 8.56. The molecule has 8 nitrogen and oxygen atoms in total. The molecule has 1 aliphatic rings. The topological polar surface area (TPSA) is 85.1 Å². The van der Waals surface area contributed by atoms with E-state index in [-0.39, 0.29) is 11.0 Å². The van der Waals surface area contributed by atoms with Crippen molar-refractivity contribution in [3.05, 3.63) is 76.1 Å². The summed E-state index contributed by atoms with van der Waals surface area (Å²) in [5.41, 5.74) is 2.42. The molecule has 0 N–H and O–H groups in total. The Kier molecular flexibility index (Phi) is 8.13. The van der Waals surface area contributed by atoms with Crippen LogP contribution < -0.4 is 4.74 Å². The zero-order chi connectivity index (χ0) is 25.0. The van der Waals surface area contributed by atoms with Gasteiger partial charge in [-0.15, -0.1) is 0 Å². The van der Waals surface area contributed by atoms with Crippen LogP contribution in [0.25, 0.3) is 0 Å². The molecular weight excluding hydrogens is 490 g/mol. The van der Waals surface area contributed by atoms with Gasteiger partial charge in [0.05, 0.1) is 19.8 Å². The summed E-state index contributed by atoms with van der Waals surface area (Å²) in [6.07, 6.45) is -0.204. The predicted molar refractivity (Wildman–Crippen MR) is 133 cm³/mol. The number of sulfonamides is 1. The maximum atomic E-state index is 13.1. The van der Waals surface area contributed by atoms with Crippen molar-refractivity contribution in [1.29, 1.82) is 0 Å². The average molecular weight is 520 g/mol. The van der Waals surface area contributed by atoms with Gasteiger partial charge in [0, 0.05) is 37.7 Å². The molecule has 0 amide bonds. The first-order valence-corrected chi connectivity index (χ1v) is 13.2. The monoisotopic (exact) mass is 519 g/mol. The van der Waals surface area contributed by atoms with Crippen LogP contribution in [0.2, 0.25) is 5.02 Å². The average Bonchev–Trinajstić information content (AvgIpc) is 3.21. The maximum absolute atomic E-state index is 13.1.